The lowest BCUT2D eigenvalue weighted by Gasteiger charge is -2.06. The first kappa shape index (κ1) is 12.6. The van der Waals surface area contributed by atoms with Gasteiger partial charge in [0.15, 0.2) is 0 Å². The molecule has 96 valence electrons. The van der Waals surface area contributed by atoms with Crippen molar-refractivity contribution in [1.29, 1.82) is 0 Å². The molecule has 18 heavy (non-hydrogen) atoms. The second-order valence-corrected chi connectivity index (χ2v) is 4.71. The van der Waals surface area contributed by atoms with E-state index in [1.54, 1.807) is 24.3 Å². The summed E-state index contributed by atoms with van der Waals surface area (Å²) >= 11 is 0. The van der Waals surface area contributed by atoms with E-state index < -0.39 is 5.97 Å². The van der Waals surface area contributed by atoms with Gasteiger partial charge in [-0.1, -0.05) is 18.2 Å². The molecule has 0 unspecified atom stereocenters. The van der Waals surface area contributed by atoms with Gasteiger partial charge in [0.25, 0.3) is 0 Å². The van der Waals surface area contributed by atoms with Gasteiger partial charge in [-0.3, -0.25) is 4.79 Å². The van der Waals surface area contributed by atoms with Gasteiger partial charge in [0.1, 0.15) is 0 Å². The Morgan fingerprint density at radius 3 is 2.67 bits per heavy atom. The van der Waals surface area contributed by atoms with Crippen molar-refractivity contribution in [1.82, 2.24) is 5.32 Å². The standard InChI is InChI=1S/C14H17NO3/c16-13(15-9-10-5-6-10)8-7-11-3-1-2-4-12(11)14(17)18/h1-4,10H,5-9H2,(H,15,16)(H,17,18). The Labute approximate surface area is 106 Å². The van der Waals surface area contributed by atoms with Crippen molar-refractivity contribution in [3.8, 4) is 0 Å². The number of carbonyl (C=O) groups is 2. The van der Waals surface area contributed by atoms with Gasteiger partial charge in [-0.05, 0) is 36.8 Å². The van der Waals surface area contributed by atoms with Gasteiger partial charge in [-0.15, -0.1) is 0 Å². The second-order valence-electron chi connectivity index (χ2n) is 4.71. The number of hydrogen-bond donors (Lipinski definition) is 2. The molecule has 0 aromatic heterocycles. The van der Waals surface area contributed by atoms with Gasteiger partial charge in [0.05, 0.1) is 5.56 Å². The van der Waals surface area contributed by atoms with Crippen molar-refractivity contribution < 1.29 is 14.7 Å². The number of aryl methyl sites for hydroxylation is 1. The summed E-state index contributed by atoms with van der Waals surface area (Å²) in [7, 11) is 0. The van der Waals surface area contributed by atoms with Crippen LogP contribution in [-0.4, -0.2) is 23.5 Å². The zero-order chi connectivity index (χ0) is 13.0. The molecular formula is C14H17NO3. The maximum Gasteiger partial charge on any atom is 0.335 e. The van der Waals surface area contributed by atoms with Crippen LogP contribution in [0.15, 0.2) is 24.3 Å². The topological polar surface area (TPSA) is 66.4 Å². The largest absolute Gasteiger partial charge is 0.478 e. The average Bonchev–Trinajstić information content (AvgIpc) is 3.18. The first-order valence-corrected chi connectivity index (χ1v) is 6.24. The Hall–Kier alpha value is -1.84. The number of carboxylic acids is 1. The molecular weight excluding hydrogens is 230 g/mol. The summed E-state index contributed by atoms with van der Waals surface area (Å²) in [6.45, 7) is 0.763. The maximum absolute atomic E-state index is 11.6. The third-order valence-electron chi connectivity index (χ3n) is 3.15. The number of benzene rings is 1. The molecule has 0 spiro atoms. The SMILES string of the molecule is O=C(CCc1ccccc1C(=O)O)NCC1CC1. The monoisotopic (exact) mass is 247 g/mol. The molecule has 0 bridgehead atoms. The van der Waals surface area contributed by atoms with Crippen LogP contribution in [0.3, 0.4) is 0 Å². The molecule has 1 amide bonds. The van der Waals surface area contributed by atoms with Gasteiger partial charge < -0.3 is 10.4 Å². The molecule has 0 radical (unpaired) electrons. The fraction of sp³-hybridized carbons (Fsp3) is 0.429. The smallest absolute Gasteiger partial charge is 0.335 e. The quantitative estimate of drug-likeness (QED) is 0.806. The summed E-state index contributed by atoms with van der Waals surface area (Å²) in [6, 6.07) is 6.82. The average molecular weight is 247 g/mol. The lowest BCUT2D eigenvalue weighted by atomic mass is 10.0. The third-order valence-corrected chi connectivity index (χ3v) is 3.15. The highest BCUT2D eigenvalue weighted by molar-refractivity contribution is 5.89. The summed E-state index contributed by atoms with van der Waals surface area (Å²) in [4.78, 5) is 22.6. The van der Waals surface area contributed by atoms with Crippen LogP contribution >= 0.6 is 0 Å². The Morgan fingerprint density at radius 2 is 2.00 bits per heavy atom. The molecule has 1 aliphatic rings. The van der Waals surface area contributed by atoms with E-state index in [1.807, 2.05) is 0 Å². The molecule has 0 atom stereocenters. The van der Waals surface area contributed by atoms with Crippen LogP contribution in [0.5, 0.6) is 0 Å². The summed E-state index contributed by atoms with van der Waals surface area (Å²) in [5, 5.41) is 11.9. The van der Waals surface area contributed by atoms with Crippen molar-refractivity contribution in [3.05, 3.63) is 35.4 Å². The summed E-state index contributed by atoms with van der Waals surface area (Å²) in [5.74, 6) is -0.272. The lowest BCUT2D eigenvalue weighted by molar-refractivity contribution is -0.121. The number of carboxylic acid groups (broad SMARTS) is 1. The van der Waals surface area contributed by atoms with E-state index in [-0.39, 0.29) is 11.5 Å². The molecule has 1 saturated carbocycles. The number of aromatic carboxylic acids is 1. The van der Waals surface area contributed by atoms with Crippen LogP contribution in [0.25, 0.3) is 0 Å². The molecule has 1 aromatic carbocycles. The molecule has 2 rings (SSSR count). The first-order chi connectivity index (χ1) is 8.66. The Balaban J connectivity index is 1.84. The molecule has 2 N–H and O–H groups in total. The Morgan fingerprint density at radius 1 is 1.28 bits per heavy atom. The van der Waals surface area contributed by atoms with Gasteiger partial charge in [0, 0.05) is 13.0 Å². The predicted molar refractivity (Wildman–Crippen MR) is 67.5 cm³/mol. The lowest BCUT2D eigenvalue weighted by Crippen LogP contribution is -2.25. The molecule has 0 aliphatic heterocycles. The number of rotatable bonds is 6. The van der Waals surface area contributed by atoms with Crippen molar-refractivity contribution in [2.45, 2.75) is 25.7 Å². The maximum atomic E-state index is 11.6. The van der Waals surface area contributed by atoms with E-state index in [4.69, 9.17) is 5.11 Å². The van der Waals surface area contributed by atoms with E-state index in [1.165, 1.54) is 12.8 Å². The minimum Gasteiger partial charge on any atom is -0.478 e. The first-order valence-electron chi connectivity index (χ1n) is 6.24. The van der Waals surface area contributed by atoms with E-state index in [9.17, 15) is 9.59 Å². The van der Waals surface area contributed by atoms with Gasteiger partial charge >= 0.3 is 5.97 Å². The van der Waals surface area contributed by atoms with Gasteiger partial charge in [-0.2, -0.15) is 0 Å². The summed E-state index contributed by atoms with van der Waals surface area (Å²) in [6.07, 6.45) is 3.24. The van der Waals surface area contributed by atoms with E-state index in [0.29, 0.717) is 24.3 Å². The van der Waals surface area contributed by atoms with Crippen LogP contribution in [0.4, 0.5) is 0 Å². The highest BCUT2D eigenvalue weighted by Gasteiger charge is 2.21. The Kier molecular flexibility index (Phi) is 3.97. The van der Waals surface area contributed by atoms with Crippen LogP contribution in [0, 0.1) is 5.92 Å². The summed E-state index contributed by atoms with van der Waals surface area (Å²) < 4.78 is 0. The van der Waals surface area contributed by atoms with Crippen molar-refractivity contribution >= 4 is 11.9 Å². The fourth-order valence-electron chi connectivity index (χ4n) is 1.86. The van der Waals surface area contributed by atoms with Crippen LogP contribution in [0.1, 0.15) is 35.2 Å². The molecule has 1 aromatic rings. The van der Waals surface area contributed by atoms with E-state index >= 15 is 0 Å². The predicted octanol–water partition coefficient (Wildman–Crippen LogP) is 1.84. The minimum absolute atomic E-state index is 0.00194. The molecule has 1 aliphatic carbocycles. The molecule has 4 nitrogen and oxygen atoms in total. The Bertz CT molecular complexity index is 452. The number of nitrogens with one attached hydrogen (secondary N) is 1. The normalized spacial score (nSPS) is 14.2. The van der Waals surface area contributed by atoms with Gasteiger partial charge in [0.2, 0.25) is 5.91 Å². The highest BCUT2D eigenvalue weighted by Crippen LogP contribution is 2.27. The molecule has 4 heteroatoms. The van der Waals surface area contributed by atoms with Gasteiger partial charge in [-0.25, -0.2) is 4.79 Å². The highest BCUT2D eigenvalue weighted by atomic mass is 16.4. The zero-order valence-corrected chi connectivity index (χ0v) is 10.2. The van der Waals surface area contributed by atoms with Crippen LogP contribution in [-0.2, 0) is 11.2 Å². The van der Waals surface area contributed by atoms with Crippen molar-refractivity contribution in [2.75, 3.05) is 6.54 Å². The second kappa shape index (κ2) is 5.67. The summed E-state index contributed by atoms with van der Waals surface area (Å²) in [5.41, 5.74) is 0.999. The van der Waals surface area contributed by atoms with Crippen LogP contribution in [0.2, 0.25) is 0 Å². The van der Waals surface area contributed by atoms with E-state index in [0.717, 1.165) is 6.54 Å². The molecule has 0 saturated heterocycles. The van der Waals surface area contributed by atoms with E-state index in [2.05, 4.69) is 5.32 Å². The molecule has 0 heterocycles. The zero-order valence-electron chi connectivity index (χ0n) is 10.2. The third kappa shape index (κ3) is 3.58. The minimum atomic E-state index is -0.941. The fourth-order valence-corrected chi connectivity index (χ4v) is 1.86. The molecule has 1 fully saturated rings. The number of amides is 1. The number of hydrogen-bond acceptors (Lipinski definition) is 2. The van der Waals surface area contributed by atoms with Crippen molar-refractivity contribution in [2.24, 2.45) is 5.92 Å². The van der Waals surface area contributed by atoms with Crippen LogP contribution < -0.4 is 5.32 Å². The van der Waals surface area contributed by atoms with Crippen molar-refractivity contribution in [3.63, 3.8) is 0 Å². The number of carbonyl (C=O) groups excluding carboxylic acids is 1.